The first kappa shape index (κ1) is 35.1. The molecule has 4 N–H and O–H groups in total. The maximum absolute atomic E-state index is 13.6. The third-order valence-corrected chi connectivity index (χ3v) is 8.13. The first-order chi connectivity index (χ1) is 22.8. The van der Waals surface area contributed by atoms with E-state index in [1.54, 1.807) is 36.0 Å². The highest BCUT2D eigenvalue weighted by Gasteiger charge is 2.30. The molecule has 0 aliphatic heterocycles. The van der Waals surface area contributed by atoms with Crippen molar-refractivity contribution >= 4 is 29.4 Å². The Morgan fingerprint density at radius 1 is 0.766 bits per heavy atom. The summed E-state index contributed by atoms with van der Waals surface area (Å²) in [7, 11) is 0. The van der Waals surface area contributed by atoms with Gasteiger partial charge in [-0.05, 0) is 48.4 Å². The number of pyridine rings is 1. The fraction of sp³-hybridized carbons (Fsp3) is 0.343. The van der Waals surface area contributed by atoms with E-state index >= 15 is 0 Å². The summed E-state index contributed by atoms with van der Waals surface area (Å²) in [6.45, 7) is 3.62. The minimum Gasteiger partial charge on any atom is -0.443 e. The molecule has 0 radical (unpaired) electrons. The van der Waals surface area contributed by atoms with Gasteiger partial charge in [0.2, 0.25) is 5.91 Å². The van der Waals surface area contributed by atoms with Crippen LogP contribution in [-0.4, -0.2) is 57.4 Å². The standard InChI is InChI=1S/C35H41N5O6S/c1-24(2)32(40-35(44)45-22-27-15-9-10-16-36-27)33(42)38-28(19-25-11-5-3-6-12-25)21-30(41)29(20-26-13-7-4-8-14-26)39-34(43)46-23-31-37-17-18-47-31/h3-18,24,28-30,32,41H,19-23H2,1-2H3,(H,38,42)(H,39,43)(H,40,44). The second kappa shape index (κ2) is 18.4. The highest BCUT2D eigenvalue weighted by Crippen LogP contribution is 2.16. The predicted molar refractivity (Wildman–Crippen MR) is 178 cm³/mol. The van der Waals surface area contributed by atoms with Gasteiger partial charge in [0.15, 0.2) is 0 Å². The molecule has 0 aliphatic carbocycles. The summed E-state index contributed by atoms with van der Waals surface area (Å²) in [4.78, 5) is 47.4. The summed E-state index contributed by atoms with van der Waals surface area (Å²) in [5.41, 5.74) is 2.44. The van der Waals surface area contributed by atoms with E-state index in [1.165, 1.54) is 11.3 Å². The molecule has 0 fully saturated rings. The fourth-order valence-electron chi connectivity index (χ4n) is 4.96. The lowest BCUT2D eigenvalue weighted by molar-refractivity contribution is -0.125. The fourth-order valence-corrected chi connectivity index (χ4v) is 5.49. The van der Waals surface area contributed by atoms with Gasteiger partial charge in [0.05, 0.1) is 17.8 Å². The number of hydrogen-bond donors (Lipinski definition) is 4. The molecule has 4 atom stereocenters. The number of carbonyl (C=O) groups excluding carboxylic acids is 3. The van der Waals surface area contributed by atoms with Crippen molar-refractivity contribution in [2.45, 2.75) is 70.6 Å². The Balaban J connectivity index is 1.45. The average Bonchev–Trinajstić information content (AvgIpc) is 3.60. The smallest absolute Gasteiger partial charge is 0.408 e. The molecule has 0 bridgehead atoms. The number of nitrogens with one attached hydrogen (secondary N) is 3. The molecule has 11 nitrogen and oxygen atoms in total. The molecule has 4 unspecified atom stereocenters. The molecule has 4 aromatic rings. The maximum atomic E-state index is 13.6. The van der Waals surface area contributed by atoms with Crippen LogP contribution in [0.1, 0.15) is 42.1 Å². The number of thiazole rings is 1. The number of amides is 3. The first-order valence-electron chi connectivity index (χ1n) is 15.5. The molecule has 0 spiro atoms. The van der Waals surface area contributed by atoms with Crippen molar-refractivity contribution < 1.29 is 29.0 Å². The summed E-state index contributed by atoms with van der Waals surface area (Å²) in [5.74, 6) is -0.682. The van der Waals surface area contributed by atoms with Gasteiger partial charge in [0.1, 0.15) is 24.3 Å². The van der Waals surface area contributed by atoms with Crippen LogP contribution in [0.3, 0.4) is 0 Å². The molecule has 4 rings (SSSR count). The molecule has 2 heterocycles. The van der Waals surface area contributed by atoms with Crippen LogP contribution in [-0.2, 0) is 40.3 Å². The second-order valence-electron chi connectivity index (χ2n) is 11.4. The van der Waals surface area contributed by atoms with Crippen LogP contribution in [0.5, 0.6) is 0 Å². The molecular weight excluding hydrogens is 618 g/mol. The van der Waals surface area contributed by atoms with E-state index in [1.807, 2.05) is 74.5 Å². The Hall–Kier alpha value is -4.81. The number of hydrogen-bond acceptors (Lipinski definition) is 9. The summed E-state index contributed by atoms with van der Waals surface area (Å²) in [6, 6.07) is 22.2. The number of ether oxygens (including phenoxy) is 2. The number of carbonyl (C=O) groups is 3. The molecule has 2 aromatic heterocycles. The van der Waals surface area contributed by atoms with Crippen molar-refractivity contribution in [3.63, 3.8) is 0 Å². The number of nitrogens with zero attached hydrogens (tertiary/aromatic N) is 2. The molecule has 0 aliphatic rings. The lowest BCUT2D eigenvalue weighted by Gasteiger charge is -2.30. The van der Waals surface area contributed by atoms with Crippen LogP contribution >= 0.6 is 11.3 Å². The topological polar surface area (TPSA) is 152 Å². The van der Waals surface area contributed by atoms with Crippen LogP contribution in [0, 0.1) is 5.92 Å². The second-order valence-corrected chi connectivity index (χ2v) is 12.4. The number of aromatic nitrogens is 2. The molecule has 3 amide bonds. The number of alkyl carbamates (subject to hydrolysis) is 2. The number of benzene rings is 2. The molecular formula is C35H41N5O6S. The van der Waals surface area contributed by atoms with Crippen molar-refractivity contribution in [3.8, 4) is 0 Å². The maximum Gasteiger partial charge on any atom is 0.408 e. The monoisotopic (exact) mass is 659 g/mol. The van der Waals surface area contributed by atoms with Gasteiger partial charge in [-0.3, -0.25) is 9.78 Å². The quantitative estimate of drug-likeness (QED) is 0.134. The minimum absolute atomic E-state index is 0.0121. The van der Waals surface area contributed by atoms with Crippen LogP contribution in [0.4, 0.5) is 9.59 Å². The van der Waals surface area contributed by atoms with Gasteiger partial charge < -0.3 is 30.5 Å². The lowest BCUT2D eigenvalue weighted by atomic mass is 9.93. The average molecular weight is 660 g/mol. The summed E-state index contributed by atoms with van der Waals surface area (Å²) < 4.78 is 10.7. The van der Waals surface area contributed by atoms with Crippen LogP contribution in [0.25, 0.3) is 0 Å². The van der Waals surface area contributed by atoms with E-state index < -0.39 is 42.3 Å². The minimum atomic E-state index is -1.06. The lowest BCUT2D eigenvalue weighted by Crippen LogP contribution is -2.54. The summed E-state index contributed by atoms with van der Waals surface area (Å²) in [6.07, 6.45) is 1.60. The van der Waals surface area contributed by atoms with E-state index in [9.17, 15) is 19.5 Å². The predicted octanol–water partition coefficient (Wildman–Crippen LogP) is 4.81. The van der Waals surface area contributed by atoms with Crippen LogP contribution in [0.2, 0.25) is 0 Å². The molecule has 2 aromatic carbocycles. The van der Waals surface area contributed by atoms with E-state index in [2.05, 4.69) is 25.9 Å². The summed E-state index contributed by atoms with van der Waals surface area (Å²) >= 11 is 1.37. The van der Waals surface area contributed by atoms with Crippen molar-refractivity contribution in [2.75, 3.05) is 0 Å². The third kappa shape index (κ3) is 12.1. The molecule has 0 saturated heterocycles. The SMILES string of the molecule is CC(C)C(NC(=O)OCc1ccccn1)C(=O)NC(Cc1ccccc1)CC(O)C(Cc1ccccc1)NC(=O)OCc1nccs1. The highest BCUT2D eigenvalue weighted by molar-refractivity contribution is 7.09. The zero-order valence-electron chi connectivity index (χ0n) is 26.5. The van der Waals surface area contributed by atoms with Gasteiger partial charge in [-0.15, -0.1) is 11.3 Å². The van der Waals surface area contributed by atoms with E-state index in [0.717, 1.165) is 11.1 Å². The molecule has 248 valence electrons. The molecule has 12 heteroatoms. The van der Waals surface area contributed by atoms with Crippen molar-refractivity contribution in [3.05, 3.63) is 118 Å². The highest BCUT2D eigenvalue weighted by atomic mass is 32.1. The number of rotatable bonds is 16. The Morgan fingerprint density at radius 2 is 1.40 bits per heavy atom. The van der Waals surface area contributed by atoms with Gasteiger partial charge in [-0.1, -0.05) is 80.6 Å². The van der Waals surface area contributed by atoms with Gasteiger partial charge >= 0.3 is 12.2 Å². The Kier molecular flexibility index (Phi) is 13.7. The van der Waals surface area contributed by atoms with E-state index in [-0.39, 0.29) is 25.6 Å². The number of aliphatic hydroxyl groups is 1. The van der Waals surface area contributed by atoms with Crippen LogP contribution in [0.15, 0.2) is 96.6 Å². The van der Waals surface area contributed by atoms with Crippen molar-refractivity contribution in [1.82, 2.24) is 25.9 Å². The van der Waals surface area contributed by atoms with Crippen molar-refractivity contribution in [2.24, 2.45) is 5.92 Å². The van der Waals surface area contributed by atoms with E-state index in [0.29, 0.717) is 23.5 Å². The van der Waals surface area contributed by atoms with Crippen molar-refractivity contribution in [1.29, 1.82) is 0 Å². The van der Waals surface area contributed by atoms with Gasteiger partial charge in [-0.2, -0.15) is 0 Å². The van der Waals surface area contributed by atoms with Gasteiger partial charge in [0.25, 0.3) is 0 Å². The Bertz CT molecular complexity index is 1510. The zero-order valence-corrected chi connectivity index (χ0v) is 27.3. The zero-order chi connectivity index (χ0) is 33.4. The first-order valence-corrected chi connectivity index (χ1v) is 16.4. The third-order valence-electron chi connectivity index (χ3n) is 7.37. The summed E-state index contributed by atoms with van der Waals surface area (Å²) in [5, 5.41) is 22.6. The number of aliphatic hydroxyl groups excluding tert-OH is 1. The normalized spacial score (nSPS) is 13.5. The Labute approximate surface area is 278 Å². The van der Waals surface area contributed by atoms with E-state index in [4.69, 9.17) is 9.47 Å². The molecule has 47 heavy (non-hydrogen) atoms. The Morgan fingerprint density at radius 3 is 2.02 bits per heavy atom. The van der Waals surface area contributed by atoms with Crippen LogP contribution < -0.4 is 16.0 Å². The van der Waals surface area contributed by atoms with Gasteiger partial charge in [-0.25, -0.2) is 14.6 Å². The molecule has 0 saturated carbocycles. The largest absolute Gasteiger partial charge is 0.443 e. The van der Waals surface area contributed by atoms with Gasteiger partial charge in [0, 0.05) is 23.8 Å².